The number of hydrazine groups is 1. The number of hydrogen-bond donors (Lipinski definition) is 2. The summed E-state index contributed by atoms with van der Waals surface area (Å²) in [5.74, 6) is 0. The molecule has 0 atom stereocenters. The highest BCUT2D eigenvalue weighted by molar-refractivity contribution is 4.93. The first-order valence-corrected chi connectivity index (χ1v) is 6.15. The third-order valence-corrected chi connectivity index (χ3v) is 3.85. The van der Waals surface area contributed by atoms with Gasteiger partial charge in [0.25, 0.3) is 0 Å². The minimum Gasteiger partial charge on any atom is -0.329 e. The van der Waals surface area contributed by atoms with Gasteiger partial charge in [-0.25, -0.2) is 10.4 Å². The molecule has 1 heterocycles. The highest BCUT2D eigenvalue weighted by Crippen LogP contribution is 2.28. The third-order valence-electron chi connectivity index (χ3n) is 3.85. The molecule has 1 saturated carbocycles. The molecule has 0 bridgehead atoms. The van der Waals surface area contributed by atoms with Gasteiger partial charge in [0.15, 0.2) is 0 Å². The van der Waals surface area contributed by atoms with E-state index in [1.54, 1.807) is 0 Å². The summed E-state index contributed by atoms with van der Waals surface area (Å²) in [4.78, 5) is 2.38. The van der Waals surface area contributed by atoms with Crippen molar-refractivity contribution in [2.24, 2.45) is 5.73 Å². The van der Waals surface area contributed by atoms with E-state index in [1.807, 2.05) is 0 Å². The molecule has 1 aliphatic carbocycles. The molecule has 4 heteroatoms. The topological polar surface area (TPSA) is 44.5 Å². The molecule has 2 aliphatic rings. The molecule has 0 unspecified atom stereocenters. The first kappa shape index (κ1) is 11.3. The molecule has 1 saturated heterocycles. The smallest absolute Gasteiger partial charge is 0.0448 e. The fourth-order valence-electron chi connectivity index (χ4n) is 2.67. The highest BCUT2D eigenvalue weighted by atomic mass is 15.5. The third kappa shape index (κ3) is 2.69. The quantitative estimate of drug-likeness (QED) is 0.692. The number of hydrogen-bond acceptors (Lipinski definition) is 4. The zero-order valence-corrected chi connectivity index (χ0v) is 9.84. The molecule has 2 rings (SSSR count). The van der Waals surface area contributed by atoms with Gasteiger partial charge in [-0.3, -0.25) is 0 Å². The Morgan fingerprint density at radius 2 is 1.73 bits per heavy atom. The predicted molar refractivity (Wildman–Crippen MR) is 62.5 cm³/mol. The SMILES string of the molecule is CN1CCN(NC2(CN)CCCC2)CC1. The molecule has 0 aromatic rings. The number of nitrogens with zero attached hydrogens (tertiary/aromatic N) is 2. The summed E-state index contributed by atoms with van der Waals surface area (Å²) in [6, 6.07) is 0. The Kier molecular flexibility index (Phi) is 3.61. The van der Waals surface area contributed by atoms with E-state index >= 15 is 0 Å². The number of likely N-dealkylation sites (N-methyl/N-ethyl adjacent to an activating group) is 1. The summed E-state index contributed by atoms with van der Waals surface area (Å²) < 4.78 is 0. The fourth-order valence-corrected chi connectivity index (χ4v) is 2.67. The number of nitrogens with two attached hydrogens (primary N) is 1. The summed E-state index contributed by atoms with van der Waals surface area (Å²) in [5.41, 5.74) is 9.82. The van der Waals surface area contributed by atoms with Crippen molar-refractivity contribution in [2.45, 2.75) is 31.2 Å². The Labute approximate surface area is 92.8 Å². The molecular formula is C11H24N4. The largest absolute Gasteiger partial charge is 0.329 e. The normalized spacial score (nSPS) is 28.4. The van der Waals surface area contributed by atoms with Crippen LogP contribution in [0.25, 0.3) is 0 Å². The van der Waals surface area contributed by atoms with Crippen molar-refractivity contribution in [3.63, 3.8) is 0 Å². The summed E-state index contributed by atoms with van der Waals surface area (Å²) in [6.45, 7) is 5.34. The van der Waals surface area contributed by atoms with Gasteiger partial charge in [0.1, 0.15) is 0 Å². The van der Waals surface area contributed by atoms with Crippen LogP contribution in [0.1, 0.15) is 25.7 Å². The van der Waals surface area contributed by atoms with Crippen molar-refractivity contribution < 1.29 is 0 Å². The van der Waals surface area contributed by atoms with Crippen LogP contribution in [0.2, 0.25) is 0 Å². The van der Waals surface area contributed by atoms with Gasteiger partial charge < -0.3 is 10.6 Å². The molecule has 88 valence electrons. The number of rotatable bonds is 3. The van der Waals surface area contributed by atoms with Gasteiger partial charge >= 0.3 is 0 Å². The Morgan fingerprint density at radius 1 is 1.13 bits per heavy atom. The second-order valence-electron chi connectivity index (χ2n) is 5.09. The lowest BCUT2D eigenvalue weighted by molar-refractivity contribution is 0.0566. The zero-order chi connectivity index (χ0) is 10.7. The summed E-state index contributed by atoms with van der Waals surface area (Å²) in [5, 5.41) is 2.37. The predicted octanol–water partition coefficient (Wildman–Crippen LogP) is 0.00990. The van der Waals surface area contributed by atoms with Crippen molar-refractivity contribution in [1.29, 1.82) is 0 Å². The monoisotopic (exact) mass is 212 g/mol. The lowest BCUT2D eigenvalue weighted by Crippen LogP contribution is -2.61. The van der Waals surface area contributed by atoms with Crippen molar-refractivity contribution in [1.82, 2.24) is 15.3 Å². The molecule has 0 radical (unpaired) electrons. The van der Waals surface area contributed by atoms with Gasteiger partial charge in [-0.15, -0.1) is 0 Å². The van der Waals surface area contributed by atoms with Crippen LogP contribution < -0.4 is 11.2 Å². The van der Waals surface area contributed by atoms with Gasteiger partial charge in [-0.05, 0) is 19.9 Å². The maximum Gasteiger partial charge on any atom is 0.0448 e. The maximum absolute atomic E-state index is 5.91. The second-order valence-corrected chi connectivity index (χ2v) is 5.09. The number of nitrogens with one attached hydrogen (secondary N) is 1. The van der Waals surface area contributed by atoms with E-state index in [2.05, 4.69) is 22.4 Å². The minimum atomic E-state index is 0.218. The van der Waals surface area contributed by atoms with Gasteiger partial charge in [-0.1, -0.05) is 12.8 Å². The molecule has 15 heavy (non-hydrogen) atoms. The Balaban J connectivity index is 1.84. The van der Waals surface area contributed by atoms with Crippen LogP contribution in [-0.4, -0.2) is 55.2 Å². The van der Waals surface area contributed by atoms with E-state index < -0.39 is 0 Å². The van der Waals surface area contributed by atoms with Gasteiger partial charge in [0.2, 0.25) is 0 Å². The molecule has 4 nitrogen and oxygen atoms in total. The molecule has 1 aliphatic heterocycles. The average molecular weight is 212 g/mol. The second kappa shape index (κ2) is 4.78. The molecule has 2 fully saturated rings. The molecule has 0 aromatic heterocycles. The van der Waals surface area contributed by atoms with Crippen LogP contribution in [0.5, 0.6) is 0 Å². The first-order valence-electron chi connectivity index (χ1n) is 6.15. The van der Waals surface area contributed by atoms with Crippen molar-refractivity contribution in [2.75, 3.05) is 39.8 Å². The molecule has 0 aromatic carbocycles. The lowest BCUT2D eigenvalue weighted by atomic mass is 9.99. The number of piperazine rings is 1. The highest BCUT2D eigenvalue weighted by Gasteiger charge is 2.34. The van der Waals surface area contributed by atoms with Crippen molar-refractivity contribution >= 4 is 0 Å². The van der Waals surface area contributed by atoms with Crippen molar-refractivity contribution in [3.05, 3.63) is 0 Å². The van der Waals surface area contributed by atoms with Crippen LogP contribution in [0.4, 0.5) is 0 Å². The first-order chi connectivity index (χ1) is 7.24. The van der Waals surface area contributed by atoms with Crippen LogP contribution in [0.15, 0.2) is 0 Å². The lowest BCUT2D eigenvalue weighted by Gasteiger charge is -2.40. The molecule has 0 amide bonds. The van der Waals surface area contributed by atoms with E-state index in [0.717, 1.165) is 32.7 Å². The molecule has 0 spiro atoms. The van der Waals surface area contributed by atoms with E-state index in [9.17, 15) is 0 Å². The van der Waals surface area contributed by atoms with Crippen LogP contribution >= 0.6 is 0 Å². The van der Waals surface area contributed by atoms with Gasteiger partial charge in [-0.2, -0.15) is 0 Å². The van der Waals surface area contributed by atoms with Crippen molar-refractivity contribution in [3.8, 4) is 0 Å². The maximum atomic E-state index is 5.91. The Bertz CT molecular complexity index is 193. The van der Waals surface area contributed by atoms with Crippen LogP contribution in [0.3, 0.4) is 0 Å². The van der Waals surface area contributed by atoms with E-state index in [-0.39, 0.29) is 5.54 Å². The van der Waals surface area contributed by atoms with Crippen LogP contribution in [-0.2, 0) is 0 Å². The van der Waals surface area contributed by atoms with E-state index in [0.29, 0.717) is 0 Å². The van der Waals surface area contributed by atoms with Gasteiger partial charge in [0, 0.05) is 38.3 Å². The summed E-state index contributed by atoms with van der Waals surface area (Å²) >= 11 is 0. The summed E-state index contributed by atoms with van der Waals surface area (Å²) in [6.07, 6.45) is 5.15. The summed E-state index contributed by atoms with van der Waals surface area (Å²) in [7, 11) is 2.19. The van der Waals surface area contributed by atoms with Gasteiger partial charge in [0.05, 0.1) is 0 Å². The fraction of sp³-hybridized carbons (Fsp3) is 1.00. The van der Waals surface area contributed by atoms with Crippen LogP contribution in [0, 0.1) is 0 Å². The standard InChI is InChI=1S/C11H24N4/c1-14-6-8-15(9-7-14)13-11(10-12)4-2-3-5-11/h13H,2-10,12H2,1H3. The molecule has 3 N–H and O–H groups in total. The van der Waals surface area contributed by atoms with E-state index in [1.165, 1.54) is 25.7 Å². The Hall–Kier alpha value is -0.160. The zero-order valence-electron chi connectivity index (χ0n) is 9.84. The Morgan fingerprint density at radius 3 is 2.27 bits per heavy atom. The average Bonchev–Trinajstić information content (AvgIpc) is 2.71. The minimum absolute atomic E-state index is 0.218. The molecular weight excluding hydrogens is 188 g/mol. The van der Waals surface area contributed by atoms with E-state index in [4.69, 9.17) is 5.73 Å².